The molecule has 2 fully saturated rings. The van der Waals surface area contributed by atoms with Crippen LogP contribution in [0.5, 0.6) is 0 Å². The molecule has 3 rings (SSSR count). The summed E-state index contributed by atoms with van der Waals surface area (Å²) in [4.78, 5) is 14.3. The lowest BCUT2D eigenvalue weighted by Crippen LogP contribution is -2.51. The van der Waals surface area contributed by atoms with Crippen LogP contribution in [0.1, 0.15) is 58.6 Å². The Hall–Kier alpha value is -2.11. The van der Waals surface area contributed by atoms with Gasteiger partial charge in [-0.3, -0.25) is 9.69 Å². The fourth-order valence-electron chi connectivity index (χ4n) is 5.45. The van der Waals surface area contributed by atoms with Crippen LogP contribution in [0.15, 0.2) is 18.2 Å². The Morgan fingerprint density at radius 1 is 1.30 bits per heavy atom. The first-order chi connectivity index (χ1) is 13.8. The molecule has 2 aliphatic rings. The number of amides is 1. The maximum atomic E-state index is 13.4. The van der Waals surface area contributed by atoms with E-state index in [1.807, 2.05) is 6.92 Å². The number of carbonyl (C=O) groups is 1. The summed E-state index contributed by atoms with van der Waals surface area (Å²) in [5.74, 6) is -0.950. The Balaban J connectivity index is 1.99. The third-order valence-corrected chi connectivity index (χ3v) is 7.50. The van der Waals surface area contributed by atoms with Crippen molar-refractivity contribution in [3.05, 3.63) is 29.3 Å². The minimum atomic E-state index is -4.75. The molecular weight excluding hydrogens is 397 g/mol. The van der Waals surface area contributed by atoms with Crippen molar-refractivity contribution in [1.82, 2.24) is 0 Å². The molecule has 1 N–H and O–H groups in total. The van der Waals surface area contributed by atoms with E-state index in [-0.39, 0.29) is 17.0 Å². The van der Waals surface area contributed by atoms with Gasteiger partial charge in [-0.1, -0.05) is 27.7 Å². The first-order valence-corrected chi connectivity index (χ1v) is 10.0. The first-order valence-electron chi connectivity index (χ1n) is 10.0. The van der Waals surface area contributed by atoms with E-state index >= 15 is 0 Å². The van der Waals surface area contributed by atoms with Crippen molar-refractivity contribution < 1.29 is 27.8 Å². The summed E-state index contributed by atoms with van der Waals surface area (Å²) in [6.07, 6.45) is -3.07. The van der Waals surface area contributed by atoms with Gasteiger partial charge in [-0.25, -0.2) is 0 Å². The molecule has 4 unspecified atom stereocenters. The molecule has 164 valence electrons. The van der Waals surface area contributed by atoms with Crippen LogP contribution in [0.3, 0.4) is 0 Å². The van der Waals surface area contributed by atoms with Gasteiger partial charge in [-0.2, -0.15) is 18.4 Å². The second-order valence-electron chi connectivity index (χ2n) is 9.11. The molecule has 30 heavy (non-hydrogen) atoms. The third kappa shape index (κ3) is 2.94. The van der Waals surface area contributed by atoms with Gasteiger partial charge in [0.15, 0.2) is 0 Å². The van der Waals surface area contributed by atoms with Gasteiger partial charge in [-0.15, -0.1) is 0 Å². The van der Waals surface area contributed by atoms with E-state index in [9.17, 15) is 23.1 Å². The molecular formula is C22H27F3N2O3. The van der Waals surface area contributed by atoms with E-state index in [1.54, 1.807) is 6.92 Å². The first kappa shape index (κ1) is 22.6. The van der Waals surface area contributed by atoms with Crippen molar-refractivity contribution in [3.8, 4) is 6.07 Å². The Kier molecular flexibility index (Phi) is 5.24. The van der Waals surface area contributed by atoms with Gasteiger partial charge in [0.25, 0.3) is 0 Å². The number of halogens is 3. The second-order valence-corrected chi connectivity index (χ2v) is 9.11. The minimum absolute atomic E-state index is 0.108. The molecule has 1 aliphatic carbocycles. The number of nitriles is 1. The quantitative estimate of drug-likeness (QED) is 0.559. The monoisotopic (exact) mass is 424 g/mol. The third-order valence-electron chi connectivity index (χ3n) is 7.50. The van der Waals surface area contributed by atoms with Crippen LogP contribution >= 0.6 is 0 Å². The number of aliphatic hydroxyl groups excluding tert-OH is 1. The highest BCUT2D eigenvalue weighted by atomic mass is 19.4. The highest BCUT2D eigenvalue weighted by Gasteiger charge is 2.81. The minimum Gasteiger partial charge on any atom is -0.376 e. The van der Waals surface area contributed by atoms with E-state index in [4.69, 9.17) is 10.00 Å². The van der Waals surface area contributed by atoms with E-state index in [1.165, 1.54) is 12.1 Å². The number of fused-ring (bicyclic) bond motifs is 1. The molecule has 1 aromatic carbocycles. The normalized spacial score (nSPS) is 31.2. The number of ether oxygens (including phenoxy) is 1. The van der Waals surface area contributed by atoms with Crippen molar-refractivity contribution in [2.24, 2.45) is 17.3 Å². The maximum absolute atomic E-state index is 13.4. The molecule has 5 nitrogen and oxygen atoms in total. The molecule has 0 bridgehead atoms. The molecule has 0 radical (unpaired) electrons. The molecule has 1 heterocycles. The lowest BCUT2D eigenvalue weighted by atomic mass is 9.64. The van der Waals surface area contributed by atoms with Gasteiger partial charge >= 0.3 is 6.18 Å². The zero-order valence-corrected chi connectivity index (χ0v) is 17.8. The number of hydrogen-bond donors (Lipinski definition) is 1. The smallest absolute Gasteiger partial charge is 0.376 e. The van der Waals surface area contributed by atoms with E-state index in [0.29, 0.717) is 0 Å². The SMILES string of the molecule is CC(C)C1(C)CCC2(C)OC21C(C)C(=O)N(CO)c1ccc(C#N)c(C(F)(F)F)c1. The number of aliphatic hydroxyl groups is 1. The summed E-state index contributed by atoms with van der Waals surface area (Å²) in [6.45, 7) is 9.15. The molecule has 1 aliphatic heterocycles. The van der Waals surface area contributed by atoms with Crippen molar-refractivity contribution in [2.75, 3.05) is 11.6 Å². The Labute approximate surface area is 174 Å². The average Bonchev–Trinajstić information content (AvgIpc) is 3.25. The lowest BCUT2D eigenvalue weighted by Gasteiger charge is -2.40. The topological polar surface area (TPSA) is 76.9 Å². The van der Waals surface area contributed by atoms with Crippen LogP contribution in [0.4, 0.5) is 18.9 Å². The zero-order chi connectivity index (χ0) is 22.7. The molecule has 1 saturated carbocycles. The zero-order valence-electron chi connectivity index (χ0n) is 17.8. The maximum Gasteiger partial charge on any atom is 0.417 e. The van der Waals surface area contributed by atoms with E-state index in [2.05, 4.69) is 20.8 Å². The van der Waals surface area contributed by atoms with E-state index in [0.717, 1.165) is 29.9 Å². The largest absolute Gasteiger partial charge is 0.417 e. The van der Waals surface area contributed by atoms with Gasteiger partial charge in [0.2, 0.25) is 5.91 Å². The van der Waals surface area contributed by atoms with E-state index < -0.39 is 47.1 Å². The van der Waals surface area contributed by atoms with Crippen LogP contribution in [0, 0.1) is 28.6 Å². The molecule has 4 atom stereocenters. The lowest BCUT2D eigenvalue weighted by molar-refractivity contribution is -0.138. The molecule has 1 amide bonds. The molecule has 8 heteroatoms. The average molecular weight is 424 g/mol. The summed E-state index contributed by atoms with van der Waals surface area (Å²) in [5, 5.41) is 18.9. The van der Waals surface area contributed by atoms with Crippen molar-refractivity contribution in [2.45, 2.75) is 64.8 Å². The van der Waals surface area contributed by atoms with Crippen LogP contribution in [0.2, 0.25) is 0 Å². The Bertz CT molecular complexity index is 910. The predicted octanol–water partition coefficient (Wildman–Crippen LogP) is 4.48. The summed E-state index contributed by atoms with van der Waals surface area (Å²) in [5.41, 5.74) is -3.27. The van der Waals surface area contributed by atoms with Crippen LogP contribution in [0.25, 0.3) is 0 Å². The molecule has 0 spiro atoms. The number of anilines is 1. The van der Waals surface area contributed by atoms with Gasteiger partial charge in [0.05, 0.1) is 28.7 Å². The number of rotatable bonds is 5. The number of hydrogen-bond acceptors (Lipinski definition) is 4. The Morgan fingerprint density at radius 3 is 2.40 bits per heavy atom. The summed E-state index contributed by atoms with van der Waals surface area (Å²) in [6, 6.07) is 4.52. The molecule has 1 aromatic rings. The number of epoxide rings is 1. The van der Waals surface area contributed by atoms with Crippen LogP contribution < -0.4 is 4.90 Å². The van der Waals surface area contributed by atoms with Gasteiger partial charge in [-0.05, 0) is 43.9 Å². The highest BCUT2D eigenvalue weighted by Crippen LogP contribution is 2.73. The van der Waals surface area contributed by atoms with Crippen molar-refractivity contribution in [1.29, 1.82) is 5.26 Å². The van der Waals surface area contributed by atoms with Gasteiger partial charge < -0.3 is 9.84 Å². The summed E-state index contributed by atoms with van der Waals surface area (Å²) in [7, 11) is 0. The van der Waals surface area contributed by atoms with Crippen molar-refractivity contribution >= 4 is 11.6 Å². The number of alkyl halides is 3. The van der Waals surface area contributed by atoms with Gasteiger partial charge in [0.1, 0.15) is 12.3 Å². The summed E-state index contributed by atoms with van der Waals surface area (Å²) < 4.78 is 46.3. The number of nitrogens with zero attached hydrogens (tertiary/aromatic N) is 2. The predicted molar refractivity (Wildman–Crippen MR) is 104 cm³/mol. The second kappa shape index (κ2) is 6.96. The fraction of sp³-hybridized carbons (Fsp3) is 0.636. The van der Waals surface area contributed by atoms with Gasteiger partial charge in [0, 0.05) is 11.1 Å². The molecule has 1 saturated heterocycles. The number of carbonyl (C=O) groups excluding carboxylic acids is 1. The Morgan fingerprint density at radius 2 is 1.93 bits per heavy atom. The van der Waals surface area contributed by atoms with Crippen LogP contribution in [-0.4, -0.2) is 28.9 Å². The highest BCUT2D eigenvalue weighted by molar-refractivity contribution is 5.96. The number of benzene rings is 1. The molecule has 0 aromatic heterocycles. The standard InChI is InChI=1S/C22H27F3N2O3/c1-13(2)19(4)8-9-20(5)21(19,30-20)14(3)18(29)27(12-28)16-7-6-15(11-26)17(10-16)22(23,24)25/h6-7,10,13-14,28H,8-9,12H2,1-5H3. The summed E-state index contributed by atoms with van der Waals surface area (Å²) >= 11 is 0. The fourth-order valence-corrected chi connectivity index (χ4v) is 5.45. The van der Waals surface area contributed by atoms with Crippen LogP contribution in [-0.2, 0) is 15.7 Å². The van der Waals surface area contributed by atoms with Crippen molar-refractivity contribution in [3.63, 3.8) is 0 Å².